The molecule has 1 heterocycles. The van der Waals surface area contributed by atoms with Crippen molar-refractivity contribution in [1.82, 2.24) is 4.98 Å². The van der Waals surface area contributed by atoms with Crippen molar-refractivity contribution in [1.29, 1.82) is 0 Å². The zero-order valence-electron chi connectivity index (χ0n) is 18.0. The Hall–Kier alpha value is -4.59. The molecule has 0 aliphatic rings. The molecule has 0 spiro atoms. The van der Waals surface area contributed by atoms with E-state index in [1.54, 1.807) is 60.7 Å². The van der Waals surface area contributed by atoms with E-state index in [1.165, 1.54) is 20.3 Å². The van der Waals surface area contributed by atoms with Gasteiger partial charge in [0.05, 0.1) is 31.2 Å². The van der Waals surface area contributed by atoms with Gasteiger partial charge in [-0.05, 0) is 18.2 Å². The number of carbonyl (C=O) groups is 2. The standard InChI is InChI=1S/C25H21N3O5/c1-32-21-14-20(22(33-2)13-19(21)27-24(30)15-8-4-3-5-9-15)28-25(31)17-12-23(29)26-18-11-7-6-10-16(17)18/h3-14H,1-2H3,(H,26,29)(H,27,30)(H,28,31). The van der Waals surface area contributed by atoms with Crippen molar-refractivity contribution in [3.05, 3.63) is 94.3 Å². The quantitative estimate of drug-likeness (QED) is 0.417. The highest BCUT2D eigenvalue weighted by Crippen LogP contribution is 2.37. The summed E-state index contributed by atoms with van der Waals surface area (Å²) in [4.78, 5) is 40.4. The first kappa shape index (κ1) is 21.6. The minimum atomic E-state index is -0.487. The predicted octanol–water partition coefficient (Wildman–Crippen LogP) is 4.05. The van der Waals surface area contributed by atoms with Gasteiger partial charge >= 0.3 is 0 Å². The molecule has 8 heteroatoms. The van der Waals surface area contributed by atoms with Crippen molar-refractivity contribution >= 4 is 34.1 Å². The van der Waals surface area contributed by atoms with Crippen molar-refractivity contribution in [2.45, 2.75) is 0 Å². The summed E-state index contributed by atoms with van der Waals surface area (Å²) < 4.78 is 10.9. The number of aromatic nitrogens is 1. The maximum atomic E-state index is 13.1. The minimum Gasteiger partial charge on any atom is -0.494 e. The summed E-state index contributed by atoms with van der Waals surface area (Å²) in [6.45, 7) is 0. The van der Waals surface area contributed by atoms with Gasteiger partial charge in [0, 0.05) is 34.7 Å². The summed E-state index contributed by atoms with van der Waals surface area (Å²) in [5.41, 5.74) is 1.57. The average molecular weight is 443 g/mol. The Kier molecular flexibility index (Phi) is 6.08. The zero-order valence-corrected chi connectivity index (χ0v) is 18.0. The monoisotopic (exact) mass is 443 g/mol. The van der Waals surface area contributed by atoms with Crippen LogP contribution in [0.5, 0.6) is 11.5 Å². The molecule has 8 nitrogen and oxygen atoms in total. The molecule has 2 amide bonds. The summed E-state index contributed by atoms with van der Waals surface area (Å²) in [6, 6.07) is 20.1. The molecule has 4 rings (SSSR count). The highest BCUT2D eigenvalue weighted by molar-refractivity contribution is 6.13. The fraction of sp³-hybridized carbons (Fsp3) is 0.0800. The van der Waals surface area contributed by atoms with Crippen LogP contribution in [0.25, 0.3) is 10.9 Å². The van der Waals surface area contributed by atoms with E-state index in [-0.39, 0.29) is 17.0 Å². The van der Waals surface area contributed by atoms with Crippen LogP contribution in [0.2, 0.25) is 0 Å². The Morgan fingerprint density at radius 1 is 0.758 bits per heavy atom. The van der Waals surface area contributed by atoms with Crippen molar-refractivity contribution in [3.63, 3.8) is 0 Å². The van der Waals surface area contributed by atoms with E-state index in [9.17, 15) is 14.4 Å². The van der Waals surface area contributed by atoms with E-state index < -0.39 is 5.91 Å². The Bertz CT molecular complexity index is 1400. The molecule has 3 N–H and O–H groups in total. The molecule has 166 valence electrons. The first-order chi connectivity index (χ1) is 16.0. The molecule has 0 unspecified atom stereocenters. The summed E-state index contributed by atoms with van der Waals surface area (Å²) in [6.07, 6.45) is 0. The SMILES string of the molecule is COc1cc(NC(=O)c2cc(=O)[nH]c3ccccc23)c(OC)cc1NC(=O)c1ccccc1. The molecule has 0 atom stereocenters. The number of nitrogens with one attached hydrogen (secondary N) is 3. The molecular weight excluding hydrogens is 422 g/mol. The van der Waals surface area contributed by atoms with Crippen LogP contribution >= 0.6 is 0 Å². The van der Waals surface area contributed by atoms with E-state index in [2.05, 4.69) is 15.6 Å². The number of ether oxygens (including phenoxy) is 2. The van der Waals surface area contributed by atoms with Gasteiger partial charge in [-0.2, -0.15) is 0 Å². The molecule has 0 radical (unpaired) electrons. The van der Waals surface area contributed by atoms with Crippen molar-refractivity contribution in [3.8, 4) is 11.5 Å². The topological polar surface area (TPSA) is 110 Å². The second-order valence-electron chi connectivity index (χ2n) is 7.12. The third-order valence-corrected chi connectivity index (χ3v) is 5.05. The molecule has 0 fully saturated rings. The smallest absolute Gasteiger partial charge is 0.256 e. The number of H-pyrrole nitrogens is 1. The van der Waals surface area contributed by atoms with E-state index in [0.29, 0.717) is 39.3 Å². The number of aromatic amines is 1. The van der Waals surface area contributed by atoms with Gasteiger partial charge in [0.25, 0.3) is 11.8 Å². The van der Waals surface area contributed by atoms with E-state index in [1.807, 2.05) is 6.07 Å². The van der Waals surface area contributed by atoms with Gasteiger partial charge in [-0.25, -0.2) is 0 Å². The largest absolute Gasteiger partial charge is 0.494 e. The second-order valence-corrected chi connectivity index (χ2v) is 7.12. The van der Waals surface area contributed by atoms with E-state index in [4.69, 9.17) is 9.47 Å². The maximum Gasteiger partial charge on any atom is 0.256 e. The van der Waals surface area contributed by atoms with Gasteiger partial charge < -0.3 is 25.1 Å². The molecule has 0 aliphatic carbocycles. The summed E-state index contributed by atoms with van der Waals surface area (Å²) in [5, 5.41) is 6.17. The Morgan fingerprint density at radius 2 is 1.33 bits per heavy atom. The Labute approximate surface area is 189 Å². The first-order valence-electron chi connectivity index (χ1n) is 10.1. The van der Waals surface area contributed by atoms with Gasteiger partial charge in [0.1, 0.15) is 11.5 Å². The van der Waals surface area contributed by atoms with Crippen LogP contribution in [-0.2, 0) is 0 Å². The highest BCUT2D eigenvalue weighted by atomic mass is 16.5. The molecule has 0 saturated carbocycles. The van der Waals surface area contributed by atoms with Crippen LogP contribution in [0, 0.1) is 0 Å². The summed E-state index contributed by atoms with van der Waals surface area (Å²) >= 11 is 0. The summed E-state index contributed by atoms with van der Waals surface area (Å²) in [5.74, 6) is -0.172. The zero-order chi connectivity index (χ0) is 23.4. The van der Waals surface area contributed by atoms with Gasteiger partial charge in [0.2, 0.25) is 5.56 Å². The fourth-order valence-electron chi connectivity index (χ4n) is 3.46. The van der Waals surface area contributed by atoms with Gasteiger partial charge in [-0.15, -0.1) is 0 Å². The van der Waals surface area contributed by atoms with Crippen molar-refractivity contribution in [2.24, 2.45) is 0 Å². The van der Waals surface area contributed by atoms with Gasteiger partial charge in [0.15, 0.2) is 0 Å². The number of carbonyl (C=O) groups excluding carboxylic acids is 2. The minimum absolute atomic E-state index is 0.219. The number of hydrogen-bond acceptors (Lipinski definition) is 5. The molecular formula is C25H21N3O5. The lowest BCUT2D eigenvalue weighted by atomic mass is 10.1. The van der Waals surface area contributed by atoms with Crippen LogP contribution in [0.3, 0.4) is 0 Å². The number of anilines is 2. The third kappa shape index (κ3) is 4.54. The predicted molar refractivity (Wildman–Crippen MR) is 126 cm³/mol. The van der Waals surface area contributed by atoms with Crippen molar-refractivity contribution < 1.29 is 19.1 Å². The molecule has 1 aromatic heterocycles. The number of para-hydroxylation sites is 1. The van der Waals surface area contributed by atoms with E-state index >= 15 is 0 Å². The normalized spacial score (nSPS) is 10.5. The lowest BCUT2D eigenvalue weighted by Crippen LogP contribution is -2.18. The van der Waals surface area contributed by atoms with Crippen LogP contribution in [0.4, 0.5) is 11.4 Å². The molecule has 0 bridgehead atoms. The molecule has 3 aromatic carbocycles. The van der Waals surface area contributed by atoms with E-state index in [0.717, 1.165) is 0 Å². The number of hydrogen-bond donors (Lipinski definition) is 3. The summed E-state index contributed by atoms with van der Waals surface area (Å²) in [7, 11) is 2.90. The Morgan fingerprint density at radius 3 is 1.97 bits per heavy atom. The fourth-order valence-corrected chi connectivity index (χ4v) is 3.46. The van der Waals surface area contributed by atoms with Crippen LogP contribution in [0.1, 0.15) is 20.7 Å². The second kappa shape index (κ2) is 9.27. The lowest BCUT2D eigenvalue weighted by molar-refractivity contribution is 0.101. The van der Waals surface area contributed by atoms with Crippen LogP contribution in [0.15, 0.2) is 77.6 Å². The molecule has 0 saturated heterocycles. The number of fused-ring (bicyclic) bond motifs is 1. The Balaban J connectivity index is 1.67. The van der Waals surface area contributed by atoms with Crippen molar-refractivity contribution in [2.75, 3.05) is 24.9 Å². The highest BCUT2D eigenvalue weighted by Gasteiger charge is 2.18. The number of rotatable bonds is 6. The lowest BCUT2D eigenvalue weighted by Gasteiger charge is -2.16. The van der Waals surface area contributed by atoms with Gasteiger partial charge in [-0.1, -0.05) is 36.4 Å². The number of pyridine rings is 1. The molecule has 4 aromatic rings. The number of methoxy groups -OCH3 is 2. The van der Waals surface area contributed by atoms with Gasteiger partial charge in [-0.3, -0.25) is 14.4 Å². The number of benzene rings is 3. The first-order valence-corrected chi connectivity index (χ1v) is 10.1. The third-order valence-electron chi connectivity index (χ3n) is 5.05. The maximum absolute atomic E-state index is 13.1. The number of amides is 2. The average Bonchev–Trinajstić information content (AvgIpc) is 2.84. The van der Waals surface area contributed by atoms with Crippen LogP contribution < -0.4 is 25.7 Å². The van der Waals surface area contributed by atoms with Crippen LogP contribution in [-0.4, -0.2) is 31.0 Å². The molecule has 0 aliphatic heterocycles. The molecule has 33 heavy (non-hydrogen) atoms.